The number of halogens is 6. The summed E-state index contributed by atoms with van der Waals surface area (Å²) in [7, 11) is 0. The fourth-order valence-electron chi connectivity index (χ4n) is 1.55. The number of alkyl halides is 6. The Labute approximate surface area is 115 Å². The van der Waals surface area contributed by atoms with Crippen molar-refractivity contribution in [2.45, 2.75) is 25.3 Å². The van der Waals surface area contributed by atoms with Gasteiger partial charge < -0.3 is 10.4 Å². The zero-order valence-electron chi connectivity index (χ0n) is 10.5. The molecule has 1 aromatic rings. The lowest BCUT2D eigenvalue weighted by atomic mass is 10.0. The predicted octanol–water partition coefficient (Wildman–Crippen LogP) is 3.29. The average molecular weight is 315 g/mol. The second-order valence-corrected chi connectivity index (χ2v) is 4.23. The number of rotatable bonds is 5. The van der Waals surface area contributed by atoms with Crippen LogP contribution >= 0.6 is 0 Å². The molecular weight excluding hydrogens is 304 g/mol. The quantitative estimate of drug-likeness (QED) is 0.647. The topological polar surface area (TPSA) is 49.3 Å². The summed E-state index contributed by atoms with van der Waals surface area (Å²) < 4.78 is 75.4. The third kappa shape index (κ3) is 5.62. The Balaban J connectivity index is 2.95. The summed E-state index contributed by atoms with van der Waals surface area (Å²) in [6.07, 6.45) is -10.1. The van der Waals surface area contributed by atoms with Gasteiger partial charge in [0.1, 0.15) is 0 Å². The Morgan fingerprint density at radius 1 is 1.00 bits per heavy atom. The minimum absolute atomic E-state index is 0.0424. The molecule has 0 aliphatic rings. The van der Waals surface area contributed by atoms with Gasteiger partial charge >= 0.3 is 18.3 Å². The third-order valence-electron chi connectivity index (χ3n) is 2.49. The van der Waals surface area contributed by atoms with Crippen molar-refractivity contribution in [3.63, 3.8) is 0 Å². The minimum Gasteiger partial charge on any atom is -0.481 e. The van der Waals surface area contributed by atoms with Crippen molar-refractivity contribution >= 4 is 5.97 Å². The number of benzene rings is 1. The van der Waals surface area contributed by atoms with Crippen molar-refractivity contribution in [1.29, 1.82) is 0 Å². The van der Waals surface area contributed by atoms with Crippen molar-refractivity contribution in [2.75, 3.05) is 6.54 Å². The molecule has 0 amide bonds. The van der Waals surface area contributed by atoms with E-state index in [4.69, 9.17) is 5.11 Å². The van der Waals surface area contributed by atoms with Gasteiger partial charge in [0.15, 0.2) is 0 Å². The minimum atomic E-state index is -4.89. The van der Waals surface area contributed by atoms with Gasteiger partial charge in [-0.25, -0.2) is 0 Å². The molecule has 0 fully saturated rings. The van der Waals surface area contributed by atoms with E-state index in [-0.39, 0.29) is 31.1 Å². The molecule has 118 valence electrons. The highest BCUT2D eigenvalue weighted by atomic mass is 19.4. The maximum Gasteiger partial charge on any atom is 0.416 e. The molecule has 0 radical (unpaired) electrons. The second kappa shape index (κ2) is 6.33. The number of aliphatic carboxylic acids is 1. The zero-order valence-corrected chi connectivity index (χ0v) is 10.5. The van der Waals surface area contributed by atoms with E-state index < -0.39 is 29.4 Å². The van der Waals surface area contributed by atoms with Crippen LogP contribution in [0.5, 0.6) is 0 Å². The Morgan fingerprint density at radius 3 is 1.86 bits per heavy atom. The number of nitrogens with one attached hydrogen (secondary N) is 1. The van der Waals surface area contributed by atoms with E-state index in [1.165, 1.54) is 0 Å². The largest absolute Gasteiger partial charge is 0.481 e. The molecule has 21 heavy (non-hydrogen) atoms. The molecule has 0 aliphatic carbocycles. The molecular formula is C12H11F6NO2. The highest BCUT2D eigenvalue weighted by Crippen LogP contribution is 2.36. The molecule has 3 nitrogen and oxygen atoms in total. The highest BCUT2D eigenvalue weighted by molar-refractivity contribution is 5.66. The van der Waals surface area contributed by atoms with Crippen LogP contribution in [0.3, 0.4) is 0 Å². The third-order valence-corrected chi connectivity index (χ3v) is 2.49. The number of hydrogen-bond acceptors (Lipinski definition) is 2. The molecule has 0 unspecified atom stereocenters. The van der Waals surface area contributed by atoms with Crippen LogP contribution in [-0.2, 0) is 23.7 Å². The maximum absolute atomic E-state index is 12.6. The van der Waals surface area contributed by atoms with Crippen LogP contribution in [0.4, 0.5) is 26.3 Å². The number of carbonyl (C=O) groups is 1. The van der Waals surface area contributed by atoms with E-state index >= 15 is 0 Å². The Morgan fingerprint density at radius 2 is 1.48 bits per heavy atom. The van der Waals surface area contributed by atoms with Crippen LogP contribution in [0, 0.1) is 0 Å². The molecule has 1 aromatic carbocycles. The lowest BCUT2D eigenvalue weighted by Gasteiger charge is -2.14. The standard InChI is InChI=1S/C12H11F6NO2/c13-11(14,15)8-3-7(6-19-2-1-10(20)21)4-9(5-8)12(16,17)18/h3-5,19H,1-2,6H2,(H,20,21). The number of carboxylic acid groups (broad SMARTS) is 1. The fourth-order valence-corrected chi connectivity index (χ4v) is 1.55. The van der Waals surface area contributed by atoms with Crippen LogP contribution in [0.1, 0.15) is 23.1 Å². The van der Waals surface area contributed by atoms with Crippen LogP contribution in [-0.4, -0.2) is 17.6 Å². The van der Waals surface area contributed by atoms with Gasteiger partial charge in [-0.1, -0.05) is 0 Å². The van der Waals surface area contributed by atoms with E-state index in [0.717, 1.165) is 0 Å². The lowest BCUT2D eigenvalue weighted by Crippen LogP contribution is -2.19. The van der Waals surface area contributed by atoms with Crippen molar-refractivity contribution < 1.29 is 36.2 Å². The van der Waals surface area contributed by atoms with Gasteiger partial charge in [0, 0.05) is 13.1 Å². The van der Waals surface area contributed by atoms with E-state index in [9.17, 15) is 31.1 Å². The van der Waals surface area contributed by atoms with Gasteiger partial charge in [0.25, 0.3) is 0 Å². The van der Waals surface area contributed by atoms with Crippen molar-refractivity contribution in [3.8, 4) is 0 Å². The van der Waals surface area contributed by atoms with Crippen LogP contribution in [0.25, 0.3) is 0 Å². The maximum atomic E-state index is 12.6. The molecule has 2 N–H and O–H groups in total. The monoisotopic (exact) mass is 315 g/mol. The number of carboxylic acids is 1. The zero-order chi connectivity index (χ0) is 16.3. The molecule has 0 heterocycles. The smallest absolute Gasteiger partial charge is 0.416 e. The first-order valence-corrected chi connectivity index (χ1v) is 5.71. The molecule has 0 spiro atoms. The van der Waals surface area contributed by atoms with Gasteiger partial charge in [-0.15, -0.1) is 0 Å². The van der Waals surface area contributed by atoms with Crippen LogP contribution in [0.15, 0.2) is 18.2 Å². The fraction of sp³-hybridized carbons (Fsp3) is 0.417. The lowest BCUT2D eigenvalue weighted by molar-refractivity contribution is -0.143. The number of hydrogen-bond donors (Lipinski definition) is 2. The predicted molar refractivity (Wildman–Crippen MR) is 60.4 cm³/mol. The molecule has 0 atom stereocenters. The average Bonchev–Trinajstić information content (AvgIpc) is 2.32. The SMILES string of the molecule is O=C(O)CCNCc1cc(C(F)(F)F)cc(C(F)(F)F)c1. The molecule has 0 aromatic heterocycles. The summed E-state index contributed by atoms with van der Waals surface area (Å²) >= 11 is 0. The van der Waals surface area contributed by atoms with E-state index in [0.29, 0.717) is 12.1 Å². The van der Waals surface area contributed by atoms with Crippen LogP contribution < -0.4 is 5.32 Å². The molecule has 0 saturated heterocycles. The molecule has 9 heteroatoms. The summed E-state index contributed by atoms with van der Waals surface area (Å²) in [4.78, 5) is 10.2. The normalized spacial score (nSPS) is 12.5. The molecule has 0 aliphatic heterocycles. The van der Waals surface area contributed by atoms with Crippen molar-refractivity contribution in [2.24, 2.45) is 0 Å². The Kier molecular flexibility index (Phi) is 5.21. The van der Waals surface area contributed by atoms with Gasteiger partial charge in [-0.2, -0.15) is 26.3 Å². The summed E-state index contributed by atoms with van der Waals surface area (Å²) in [5.41, 5.74) is -3.01. The molecule has 0 saturated carbocycles. The molecule has 1 rings (SSSR count). The second-order valence-electron chi connectivity index (χ2n) is 4.23. The van der Waals surface area contributed by atoms with Crippen molar-refractivity contribution in [1.82, 2.24) is 5.32 Å². The highest BCUT2D eigenvalue weighted by Gasteiger charge is 2.36. The Hall–Kier alpha value is -1.77. The van der Waals surface area contributed by atoms with Gasteiger partial charge in [-0.05, 0) is 23.8 Å². The van der Waals surface area contributed by atoms with E-state index in [2.05, 4.69) is 5.32 Å². The summed E-state index contributed by atoms with van der Waals surface area (Å²) in [5, 5.41) is 10.8. The van der Waals surface area contributed by atoms with E-state index in [1.807, 2.05) is 0 Å². The summed E-state index contributed by atoms with van der Waals surface area (Å²) in [5.74, 6) is -1.12. The van der Waals surface area contributed by atoms with Gasteiger partial charge in [0.2, 0.25) is 0 Å². The van der Waals surface area contributed by atoms with Gasteiger partial charge in [-0.3, -0.25) is 4.79 Å². The first-order valence-electron chi connectivity index (χ1n) is 5.71. The summed E-state index contributed by atoms with van der Waals surface area (Å²) in [6.45, 7) is -0.354. The van der Waals surface area contributed by atoms with Crippen LogP contribution in [0.2, 0.25) is 0 Å². The van der Waals surface area contributed by atoms with Crippen molar-refractivity contribution in [3.05, 3.63) is 34.9 Å². The summed E-state index contributed by atoms with van der Waals surface area (Å²) in [6, 6.07) is 1.24. The van der Waals surface area contributed by atoms with E-state index in [1.54, 1.807) is 0 Å². The Bertz CT molecular complexity index is 477. The first-order chi connectivity index (χ1) is 9.50. The van der Waals surface area contributed by atoms with Gasteiger partial charge in [0.05, 0.1) is 17.5 Å². The molecule has 0 bridgehead atoms. The first kappa shape index (κ1) is 17.3.